The molecule has 0 aromatic heterocycles. The first kappa shape index (κ1) is 16.1. The third-order valence-electron chi connectivity index (χ3n) is 3.33. The summed E-state index contributed by atoms with van der Waals surface area (Å²) in [6.07, 6.45) is 4.96. The number of phenols is 1. The van der Waals surface area contributed by atoms with Crippen LogP contribution in [0, 0.1) is 5.92 Å². The van der Waals surface area contributed by atoms with Crippen LogP contribution in [0.1, 0.15) is 32.3 Å². The highest BCUT2D eigenvalue weighted by atomic mass is 16.5. The highest BCUT2D eigenvalue weighted by Gasteiger charge is 2.12. The van der Waals surface area contributed by atoms with E-state index in [1.807, 2.05) is 13.8 Å². The molecule has 0 aliphatic heterocycles. The van der Waals surface area contributed by atoms with Crippen LogP contribution in [0.15, 0.2) is 18.2 Å². The first-order chi connectivity index (χ1) is 9.57. The highest BCUT2D eigenvalue weighted by molar-refractivity contribution is 5.95. The summed E-state index contributed by atoms with van der Waals surface area (Å²) in [5.41, 5.74) is 0.746. The van der Waals surface area contributed by atoms with E-state index in [0.29, 0.717) is 11.5 Å². The Morgan fingerprint density at radius 3 is 2.10 bits per heavy atom. The van der Waals surface area contributed by atoms with Crippen LogP contribution in [0.4, 0.5) is 0 Å². The van der Waals surface area contributed by atoms with Gasteiger partial charge in [0, 0.05) is 5.92 Å². The Balaban J connectivity index is 3.00. The van der Waals surface area contributed by atoms with E-state index in [-0.39, 0.29) is 17.5 Å². The molecule has 0 amide bonds. The van der Waals surface area contributed by atoms with Crippen molar-refractivity contribution in [3.8, 4) is 17.2 Å². The van der Waals surface area contributed by atoms with Gasteiger partial charge in [0.15, 0.2) is 17.3 Å². The fourth-order valence-electron chi connectivity index (χ4n) is 2.02. The Hall–Kier alpha value is -1.97. The van der Waals surface area contributed by atoms with E-state index in [0.717, 1.165) is 18.4 Å². The minimum absolute atomic E-state index is 0.0431. The summed E-state index contributed by atoms with van der Waals surface area (Å²) in [4.78, 5) is 12.0. The fraction of sp³-hybridized carbons (Fsp3) is 0.438. The molecule has 0 atom stereocenters. The predicted octanol–water partition coefficient (Wildman–Crippen LogP) is 3.43. The lowest BCUT2D eigenvalue weighted by atomic mass is 9.97. The molecular weight excluding hydrogens is 256 g/mol. The molecule has 0 saturated heterocycles. The van der Waals surface area contributed by atoms with E-state index in [4.69, 9.17) is 9.47 Å². The molecule has 0 radical (unpaired) electrons. The number of phenolic OH excluding ortho intramolecular Hbond substituents is 1. The number of methoxy groups -OCH3 is 2. The Kier molecular flexibility index (Phi) is 6.10. The van der Waals surface area contributed by atoms with E-state index in [1.54, 1.807) is 24.3 Å². The molecule has 110 valence electrons. The van der Waals surface area contributed by atoms with Crippen molar-refractivity contribution in [3.05, 3.63) is 23.8 Å². The van der Waals surface area contributed by atoms with Crippen LogP contribution in [0.2, 0.25) is 0 Å². The predicted molar refractivity (Wildman–Crippen MR) is 79.3 cm³/mol. The molecule has 0 saturated carbocycles. The summed E-state index contributed by atoms with van der Waals surface area (Å²) >= 11 is 0. The van der Waals surface area contributed by atoms with Gasteiger partial charge < -0.3 is 14.6 Å². The van der Waals surface area contributed by atoms with Crippen molar-refractivity contribution in [2.24, 2.45) is 5.92 Å². The molecule has 20 heavy (non-hydrogen) atoms. The van der Waals surface area contributed by atoms with Crippen LogP contribution < -0.4 is 9.47 Å². The van der Waals surface area contributed by atoms with Gasteiger partial charge in [-0.2, -0.15) is 0 Å². The largest absolute Gasteiger partial charge is 0.502 e. The van der Waals surface area contributed by atoms with Crippen LogP contribution in [0.3, 0.4) is 0 Å². The van der Waals surface area contributed by atoms with Gasteiger partial charge in [-0.05, 0) is 36.6 Å². The maximum atomic E-state index is 12.0. The Morgan fingerprint density at radius 2 is 1.70 bits per heavy atom. The highest BCUT2D eigenvalue weighted by Crippen LogP contribution is 2.37. The second-order valence-corrected chi connectivity index (χ2v) is 4.52. The second-order valence-electron chi connectivity index (χ2n) is 4.52. The van der Waals surface area contributed by atoms with Crippen LogP contribution >= 0.6 is 0 Å². The lowest BCUT2D eigenvalue weighted by Gasteiger charge is -2.10. The van der Waals surface area contributed by atoms with E-state index >= 15 is 0 Å². The van der Waals surface area contributed by atoms with Gasteiger partial charge in [-0.3, -0.25) is 4.79 Å². The molecule has 0 unspecified atom stereocenters. The van der Waals surface area contributed by atoms with Crippen molar-refractivity contribution >= 4 is 11.9 Å². The average molecular weight is 278 g/mol. The number of hydrogen-bond acceptors (Lipinski definition) is 4. The van der Waals surface area contributed by atoms with Gasteiger partial charge >= 0.3 is 0 Å². The third kappa shape index (κ3) is 3.76. The lowest BCUT2D eigenvalue weighted by molar-refractivity contribution is -0.118. The first-order valence-corrected chi connectivity index (χ1v) is 6.74. The molecule has 0 spiro atoms. The van der Waals surface area contributed by atoms with Gasteiger partial charge in [-0.25, -0.2) is 0 Å². The summed E-state index contributed by atoms with van der Waals surface area (Å²) in [7, 11) is 2.94. The van der Waals surface area contributed by atoms with Gasteiger partial charge in [0.1, 0.15) is 0 Å². The molecule has 0 bridgehead atoms. The smallest absolute Gasteiger partial charge is 0.200 e. The van der Waals surface area contributed by atoms with Crippen molar-refractivity contribution in [1.82, 2.24) is 0 Å². The van der Waals surface area contributed by atoms with Crippen molar-refractivity contribution in [2.75, 3.05) is 14.2 Å². The van der Waals surface area contributed by atoms with Gasteiger partial charge in [0.25, 0.3) is 0 Å². The Labute approximate surface area is 120 Å². The van der Waals surface area contributed by atoms with Gasteiger partial charge in [-0.15, -0.1) is 0 Å². The van der Waals surface area contributed by atoms with Crippen LogP contribution in [-0.2, 0) is 4.79 Å². The number of hydrogen-bond donors (Lipinski definition) is 1. The van der Waals surface area contributed by atoms with E-state index in [9.17, 15) is 9.90 Å². The lowest BCUT2D eigenvalue weighted by Crippen LogP contribution is -2.09. The Morgan fingerprint density at radius 1 is 1.20 bits per heavy atom. The topological polar surface area (TPSA) is 55.8 Å². The molecule has 0 aliphatic rings. The molecule has 1 N–H and O–H groups in total. The molecule has 0 heterocycles. The number of carbonyl (C=O) groups is 1. The summed E-state index contributed by atoms with van der Waals surface area (Å²) in [5.74, 6) is 0.768. The standard InChI is InChI=1S/C16H22O4/c1-5-12(6-2)13(17)8-7-11-9-14(19-3)16(18)15(10-11)20-4/h7-10,12,18H,5-6H2,1-4H3/b8-7+. The number of aromatic hydroxyl groups is 1. The maximum absolute atomic E-state index is 12.0. The van der Waals surface area contributed by atoms with E-state index in [2.05, 4.69) is 0 Å². The quantitative estimate of drug-likeness (QED) is 0.776. The van der Waals surface area contributed by atoms with Gasteiger partial charge in [0.05, 0.1) is 14.2 Å². The molecule has 1 aromatic rings. The average Bonchev–Trinajstić information content (AvgIpc) is 2.47. The summed E-state index contributed by atoms with van der Waals surface area (Å²) in [6.45, 7) is 4.01. The summed E-state index contributed by atoms with van der Waals surface area (Å²) < 4.78 is 10.2. The molecule has 0 fully saturated rings. The van der Waals surface area contributed by atoms with Crippen molar-refractivity contribution in [2.45, 2.75) is 26.7 Å². The zero-order valence-electron chi connectivity index (χ0n) is 12.5. The van der Waals surface area contributed by atoms with Gasteiger partial charge in [0.2, 0.25) is 5.75 Å². The molecule has 0 aliphatic carbocycles. The van der Waals surface area contributed by atoms with E-state index in [1.165, 1.54) is 14.2 Å². The summed E-state index contributed by atoms with van der Waals surface area (Å²) in [5, 5.41) is 9.81. The number of ether oxygens (including phenoxy) is 2. The Bertz CT molecular complexity index is 462. The normalized spacial score (nSPS) is 11.1. The number of allylic oxidation sites excluding steroid dienone is 1. The molecule has 1 rings (SSSR count). The van der Waals surface area contributed by atoms with Crippen LogP contribution in [0.25, 0.3) is 6.08 Å². The molecule has 4 nitrogen and oxygen atoms in total. The number of rotatable bonds is 7. The van der Waals surface area contributed by atoms with Crippen molar-refractivity contribution in [1.29, 1.82) is 0 Å². The minimum Gasteiger partial charge on any atom is -0.502 e. The molecule has 1 aromatic carbocycles. The number of carbonyl (C=O) groups excluding carboxylic acids is 1. The van der Waals surface area contributed by atoms with E-state index < -0.39 is 0 Å². The van der Waals surface area contributed by atoms with Crippen molar-refractivity contribution in [3.63, 3.8) is 0 Å². The van der Waals surface area contributed by atoms with Crippen LogP contribution in [0.5, 0.6) is 17.2 Å². The third-order valence-corrected chi connectivity index (χ3v) is 3.33. The number of ketones is 1. The van der Waals surface area contributed by atoms with Crippen LogP contribution in [-0.4, -0.2) is 25.1 Å². The number of benzene rings is 1. The molecule has 4 heteroatoms. The van der Waals surface area contributed by atoms with Crippen molar-refractivity contribution < 1.29 is 19.4 Å². The fourth-order valence-corrected chi connectivity index (χ4v) is 2.02. The minimum atomic E-state index is -0.0431. The first-order valence-electron chi connectivity index (χ1n) is 6.74. The molecular formula is C16H22O4. The van der Waals surface area contributed by atoms with Gasteiger partial charge in [-0.1, -0.05) is 19.9 Å². The maximum Gasteiger partial charge on any atom is 0.200 e. The zero-order valence-corrected chi connectivity index (χ0v) is 12.5. The zero-order chi connectivity index (χ0) is 15.1. The summed E-state index contributed by atoms with van der Waals surface area (Å²) in [6, 6.07) is 3.32. The second kappa shape index (κ2) is 7.58. The monoisotopic (exact) mass is 278 g/mol. The SMILES string of the molecule is CCC(CC)C(=O)/C=C/c1cc(OC)c(O)c(OC)c1.